The van der Waals surface area contributed by atoms with Crippen molar-refractivity contribution in [2.24, 2.45) is 0 Å². The van der Waals surface area contributed by atoms with Gasteiger partial charge in [-0.2, -0.15) is 0 Å². The fraction of sp³-hybridized carbons (Fsp3) is 0.400. The van der Waals surface area contributed by atoms with E-state index in [1.807, 2.05) is 25.2 Å². The smallest absolute Gasteiger partial charge is 0.0920 e. The van der Waals surface area contributed by atoms with Crippen LogP contribution in [0.1, 0.15) is 17.2 Å². The predicted octanol–water partition coefficient (Wildman–Crippen LogP) is 0.748. The average Bonchev–Trinajstić information content (AvgIpc) is 2.06. The van der Waals surface area contributed by atoms with Gasteiger partial charge in [0.05, 0.1) is 6.10 Å². The number of hydrogen-bond acceptors (Lipinski definition) is 3. The first kappa shape index (κ1) is 8.53. The summed E-state index contributed by atoms with van der Waals surface area (Å²) in [5, 5.41) is 9.76. The monoisotopic (exact) mass is 178 g/mol. The van der Waals surface area contributed by atoms with Crippen LogP contribution >= 0.6 is 0 Å². The zero-order valence-corrected chi connectivity index (χ0v) is 7.70. The molecule has 1 aromatic rings. The summed E-state index contributed by atoms with van der Waals surface area (Å²) in [6, 6.07) is 5.74. The Balaban J connectivity index is 2.43. The van der Waals surface area contributed by atoms with Crippen molar-refractivity contribution in [2.45, 2.75) is 12.6 Å². The van der Waals surface area contributed by atoms with Crippen LogP contribution < -0.4 is 5.73 Å². The zero-order valence-electron chi connectivity index (χ0n) is 7.70. The summed E-state index contributed by atoms with van der Waals surface area (Å²) in [6.45, 7) is 1.59. The number of rotatable bonds is 0. The Morgan fingerprint density at radius 3 is 3.08 bits per heavy atom. The van der Waals surface area contributed by atoms with Gasteiger partial charge in [0, 0.05) is 18.8 Å². The van der Waals surface area contributed by atoms with Gasteiger partial charge in [0.15, 0.2) is 0 Å². The van der Waals surface area contributed by atoms with Crippen LogP contribution in [0.5, 0.6) is 0 Å². The van der Waals surface area contributed by atoms with Crippen molar-refractivity contribution in [1.82, 2.24) is 4.90 Å². The number of anilines is 1. The van der Waals surface area contributed by atoms with Gasteiger partial charge < -0.3 is 10.8 Å². The Bertz CT molecular complexity index is 325. The normalized spacial score (nSPS) is 22.8. The van der Waals surface area contributed by atoms with Crippen molar-refractivity contribution in [3.63, 3.8) is 0 Å². The number of fused-ring (bicyclic) bond motifs is 1. The molecular weight excluding hydrogens is 164 g/mol. The van der Waals surface area contributed by atoms with Crippen molar-refractivity contribution >= 4 is 5.69 Å². The maximum Gasteiger partial charge on any atom is 0.0920 e. The lowest BCUT2D eigenvalue weighted by Gasteiger charge is -2.29. The van der Waals surface area contributed by atoms with Crippen molar-refractivity contribution in [3.8, 4) is 0 Å². The van der Waals surface area contributed by atoms with Crippen LogP contribution in [0.2, 0.25) is 0 Å². The summed E-state index contributed by atoms with van der Waals surface area (Å²) in [7, 11) is 2.00. The highest BCUT2D eigenvalue weighted by Gasteiger charge is 2.20. The summed E-state index contributed by atoms with van der Waals surface area (Å²) in [6.07, 6.45) is -0.391. The molecule has 0 aromatic heterocycles. The van der Waals surface area contributed by atoms with E-state index in [9.17, 15) is 5.11 Å². The van der Waals surface area contributed by atoms with Crippen LogP contribution in [-0.2, 0) is 6.54 Å². The molecule has 0 fully saturated rings. The molecule has 70 valence electrons. The Morgan fingerprint density at radius 2 is 2.31 bits per heavy atom. The summed E-state index contributed by atoms with van der Waals surface area (Å²) in [5.41, 5.74) is 8.54. The Kier molecular flexibility index (Phi) is 1.98. The average molecular weight is 178 g/mol. The molecular formula is C10H14N2O. The highest BCUT2D eigenvalue weighted by atomic mass is 16.3. The second-order valence-electron chi connectivity index (χ2n) is 3.67. The minimum atomic E-state index is -0.391. The van der Waals surface area contributed by atoms with Crippen LogP contribution in [0.25, 0.3) is 0 Å². The maximum atomic E-state index is 9.76. The summed E-state index contributed by atoms with van der Waals surface area (Å²) in [4.78, 5) is 2.10. The fourth-order valence-electron chi connectivity index (χ4n) is 1.82. The van der Waals surface area contributed by atoms with Crippen molar-refractivity contribution in [1.29, 1.82) is 0 Å². The van der Waals surface area contributed by atoms with Crippen LogP contribution in [0.3, 0.4) is 0 Å². The van der Waals surface area contributed by atoms with E-state index in [-0.39, 0.29) is 0 Å². The molecule has 1 aromatic carbocycles. The number of nitrogen functional groups attached to an aromatic ring is 1. The van der Waals surface area contributed by atoms with Gasteiger partial charge in [0.1, 0.15) is 0 Å². The number of aliphatic hydroxyl groups is 1. The van der Waals surface area contributed by atoms with Crippen molar-refractivity contribution in [3.05, 3.63) is 29.3 Å². The minimum absolute atomic E-state index is 0.391. The topological polar surface area (TPSA) is 49.5 Å². The molecule has 1 unspecified atom stereocenters. The molecule has 13 heavy (non-hydrogen) atoms. The quantitative estimate of drug-likeness (QED) is 0.576. The van der Waals surface area contributed by atoms with Crippen LogP contribution in [0.4, 0.5) is 5.69 Å². The first-order valence-corrected chi connectivity index (χ1v) is 4.42. The number of nitrogens with two attached hydrogens (primary N) is 1. The van der Waals surface area contributed by atoms with E-state index in [2.05, 4.69) is 4.90 Å². The predicted molar refractivity (Wildman–Crippen MR) is 52.1 cm³/mol. The molecule has 1 heterocycles. The molecule has 0 saturated heterocycles. The standard InChI is InChI=1S/C10H14N2O/c1-12-5-7-2-3-8(11)4-9(7)10(13)6-12/h2-4,10,13H,5-6,11H2,1H3. The first-order chi connectivity index (χ1) is 6.16. The van der Waals surface area contributed by atoms with E-state index >= 15 is 0 Å². The molecule has 2 rings (SSSR count). The zero-order chi connectivity index (χ0) is 9.42. The molecule has 0 saturated carbocycles. The highest BCUT2D eigenvalue weighted by Crippen LogP contribution is 2.26. The Labute approximate surface area is 77.8 Å². The largest absolute Gasteiger partial charge is 0.399 e. The van der Waals surface area contributed by atoms with Crippen LogP contribution in [0, 0.1) is 0 Å². The molecule has 0 spiro atoms. The summed E-state index contributed by atoms with van der Waals surface area (Å²) < 4.78 is 0. The lowest BCUT2D eigenvalue weighted by Crippen LogP contribution is -2.30. The minimum Gasteiger partial charge on any atom is -0.399 e. The molecule has 3 N–H and O–H groups in total. The van der Waals surface area contributed by atoms with E-state index in [0.29, 0.717) is 6.54 Å². The van der Waals surface area contributed by atoms with E-state index in [4.69, 9.17) is 5.73 Å². The molecule has 1 atom stereocenters. The van der Waals surface area contributed by atoms with E-state index in [1.165, 1.54) is 5.56 Å². The third kappa shape index (κ3) is 1.53. The number of β-amino-alcohol motifs (C(OH)–C–C–N with tert-alkyl or cyclic N) is 1. The molecule has 0 amide bonds. The summed E-state index contributed by atoms with van der Waals surface area (Å²) >= 11 is 0. The molecule has 0 radical (unpaired) electrons. The van der Waals surface area contributed by atoms with E-state index in [1.54, 1.807) is 0 Å². The van der Waals surface area contributed by atoms with Crippen molar-refractivity contribution in [2.75, 3.05) is 19.3 Å². The third-order valence-corrected chi connectivity index (χ3v) is 2.45. The number of hydrogen-bond donors (Lipinski definition) is 2. The fourth-order valence-corrected chi connectivity index (χ4v) is 1.82. The summed E-state index contributed by atoms with van der Waals surface area (Å²) in [5.74, 6) is 0. The lowest BCUT2D eigenvalue weighted by molar-refractivity contribution is 0.108. The number of benzene rings is 1. The van der Waals surface area contributed by atoms with Crippen LogP contribution in [0.15, 0.2) is 18.2 Å². The Morgan fingerprint density at radius 1 is 1.54 bits per heavy atom. The molecule has 3 nitrogen and oxygen atoms in total. The SMILES string of the molecule is CN1Cc2ccc(N)cc2C(O)C1. The molecule has 1 aliphatic rings. The van der Waals surface area contributed by atoms with E-state index < -0.39 is 6.10 Å². The number of likely N-dealkylation sites (N-methyl/N-ethyl adjacent to an activating group) is 1. The highest BCUT2D eigenvalue weighted by molar-refractivity contribution is 5.46. The third-order valence-electron chi connectivity index (χ3n) is 2.45. The number of aliphatic hydroxyl groups excluding tert-OH is 1. The van der Waals surface area contributed by atoms with Crippen LogP contribution in [-0.4, -0.2) is 23.6 Å². The second-order valence-corrected chi connectivity index (χ2v) is 3.67. The molecule has 1 aliphatic heterocycles. The van der Waals surface area contributed by atoms with Gasteiger partial charge in [0.25, 0.3) is 0 Å². The van der Waals surface area contributed by atoms with Gasteiger partial charge in [-0.1, -0.05) is 6.07 Å². The van der Waals surface area contributed by atoms with Crippen molar-refractivity contribution < 1.29 is 5.11 Å². The molecule has 3 heteroatoms. The van der Waals surface area contributed by atoms with Gasteiger partial charge >= 0.3 is 0 Å². The van der Waals surface area contributed by atoms with Gasteiger partial charge in [-0.25, -0.2) is 0 Å². The van der Waals surface area contributed by atoms with Gasteiger partial charge in [-0.05, 0) is 30.3 Å². The maximum absolute atomic E-state index is 9.76. The second kappa shape index (κ2) is 3.01. The molecule has 0 aliphatic carbocycles. The Hall–Kier alpha value is -1.06. The van der Waals surface area contributed by atoms with E-state index in [0.717, 1.165) is 17.8 Å². The number of nitrogens with zero attached hydrogens (tertiary/aromatic N) is 1. The van der Waals surface area contributed by atoms with Gasteiger partial charge in [-0.15, -0.1) is 0 Å². The molecule has 0 bridgehead atoms. The van der Waals surface area contributed by atoms with Gasteiger partial charge in [0.2, 0.25) is 0 Å². The lowest BCUT2D eigenvalue weighted by atomic mass is 9.97. The van der Waals surface area contributed by atoms with Gasteiger partial charge in [-0.3, -0.25) is 4.90 Å². The first-order valence-electron chi connectivity index (χ1n) is 4.42.